The van der Waals surface area contributed by atoms with E-state index in [9.17, 15) is 9.59 Å². The molecule has 1 aromatic heterocycles. The van der Waals surface area contributed by atoms with Crippen molar-refractivity contribution in [1.29, 1.82) is 0 Å². The van der Waals surface area contributed by atoms with Crippen molar-refractivity contribution in [3.8, 4) is 0 Å². The van der Waals surface area contributed by atoms with Gasteiger partial charge >= 0.3 is 12.1 Å². The molecule has 2 heterocycles. The Morgan fingerprint density at radius 2 is 2.29 bits per heavy atom. The van der Waals surface area contributed by atoms with Crippen LogP contribution in [0.1, 0.15) is 23.0 Å². The van der Waals surface area contributed by atoms with E-state index in [4.69, 9.17) is 14.6 Å². The van der Waals surface area contributed by atoms with Crippen molar-refractivity contribution in [3.63, 3.8) is 0 Å². The standard InChI is InChI=1S/C14H20N2O5/c1-3-20-13(17)12-4-5-15(10(12)2)8-11-9-16(14(18)19)6-7-21-11/h4-5,11H,3,6-9H2,1-2H3,(H,18,19)/t11-/m1/s1. The molecule has 1 aromatic rings. The number of ether oxygens (including phenoxy) is 2. The quantitative estimate of drug-likeness (QED) is 0.848. The minimum absolute atomic E-state index is 0.212. The Morgan fingerprint density at radius 1 is 1.52 bits per heavy atom. The number of carbonyl (C=O) groups excluding carboxylic acids is 1. The lowest BCUT2D eigenvalue weighted by Crippen LogP contribution is -2.46. The second-order valence-electron chi connectivity index (χ2n) is 4.91. The number of rotatable bonds is 4. The predicted octanol–water partition coefficient (Wildman–Crippen LogP) is 1.35. The normalized spacial score (nSPS) is 18.6. The van der Waals surface area contributed by atoms with Crippen LogP contribution in [0, 0.1) is 6.92 Å². The Morgan fingerprint density at radius 3 is 2.95 bits per heavy atom. The van der Waals surface area contributed by atoms with Crippen LogP contribution in [0.3, 0.4) is 0 Å². The molecule has 116 valence electrons. The molecular formula is C14H20N2O5. The molecule has 1 N–H and O–H groups in total. The monoisotopic (exact) mass is 296 g/mol. The average Bonchev–Trinajstić information content (AvgIpc) is 2.81. The summed E-state index contributed by atoms with van der Waals surface area (Å²) in [6, 6.07) is 1.71. The van der Waals surface area contributed by atoms with Crippen LogP contribution >= 0.6 is 0 Å². The molecule has 0 aromatic carbocycles. The highest BCUT2D eigenvalue weighted by Crippen LogP contribution is 2.15. The van der Waals surface area contributed by atoms with E-state index in [1.807, 2.05) is 11.5 Å². The third-order valence-corrected chi connectivity index (χ3v) is 3.55. The minimum Gasteiger partial charge on any atom is -0.465 e. The van der Waals surface area contributed by atoms with Gasteiger partial charge in [-0.2, -0.15) is 0 Å². The van der Waals surface area contributed by atoms with E-state index >= 15 is 0 Å². The van der Waals surface area contributed by atoms with Crippen molar-refractivity contribution < 1.29 is 24.2 Å². The molecule has 0 radical (unpaired) electrons. The van der Waals surface area contributed by atoms with Gasteiger partial charge in [-0.3, -0.25) is 0 Å². The molecule has 0 spiro atoms. The molecule has 0 aliphatic carbocycles. The minimum atomic E-state index is -0.931. The van der Waals surface area contributed by atoms with Gasteiger partial charge in [0.25, 0.3) is 0 Å². The molecule has 1 amide bonds. The summed E-state index contributed by atoms with van der Waals surface area (Å²) in [5.74, 6) is -0.342. The number of esters is 1. The van der Waals surface area contributed by atoms with Gasteiger partial charge in [-0.05, 0) is 19.9 Å². The summed E-state index contributed by atoms with van der Waals surface area (Å²) < 4.78 is 12.5. The predicted molar refractivity (Wildman–Crippen MR) is 74.5 cm³/mol. The molecule has 1 aliphatic heterocycles. The number of nitrogens with zero attached hydrogens (tertiary/aromatic N) is 2. The van der Waals surface area contributed by atoms with E-state index in [-0.39, 0.29) is 12.1 Å². The molecule has 7 heteroatoms. The van der Waals surface area contributed by atoms with Gasteiger partial charge in [0.05, 0.1) is 38.0 Å². The molecule has 0 unspecified atom stereocenters. The highest BCUT2D eigenvalue weighted by molar-refractivity contribution is 5.90. The van der Waals surface area contributed by atoms with Crippen LogP contribution in [0.2, 0.25) is 0 Å². The Balaban J connectivity index is 2.03. The van der Waals surface area contributed by atoms with Crippen molar-refractivity contribution in [2.45, 2.75) is 26.5 Å². The molecule has 7 nitrogen and oxygen atoms in total. The Hall–Kier alpha value is -2.02. The first-order valence-electron chi connectivity index (χ1n) is 6.95. The zero-order valence-electron chi connectivity index (χ0n) is 12.2. The van der Waals surface area contributed by atoms with Crippen LogP contribution in [0.25, 0.3) is 0 Å². The first-order valence-corrected chi connectivity index (χ1v) is 6.95. The smallest absolute Gasteiger partial charge is 0.407 e. The van der Waals surface area contributed by atoms with E-state index in [1.54, 1.807) is 19.2 Å². The van der Waals surface area contributed by atoms with E-state index in [0.29, 0.717) is 38.4 Å². The van der Waals surface area contributed by atoms with Crippen LogP contribution in [-0.2, 0) is 16.0 Å². The third-order valence-electron chi connectivity index (χ3n) is 3.55. The van der Waals surface area contributed by atoms with Crippen LogP contribution in [0.15, 0.2) is 12.3 Å². The second-order valence-corrected chi connectivity index (χ2v) is 4.91. The SMILES string of the molecule is CCOC(=O)c1ccn(C[C@@H]2CN(C(=O)O)CCO2)c1C. The number of amides is 1. The molecule has 1 fully saturated rings. The van der Waals surface area contributed by atoms with E-state index < -0.39 is 6.09 Å². The topological polar surface area (TPSA) is 81.0 Å². The van der Waals surface area contributed by atoms with Crippen molar-refractivity contribution in [3.05, 3.63) is 23.5 Å². The molecule has 1 atom stereocenters. The maximum absolute atomic E-state index is 11.8. The zero-order chi connectivity index (χ0) is 15.4. The summed E-state index contributed by atoms with van der Waals surface area (Å²) in [4.78, 5) is 24.1. The van der Waals surface area contributed by atoms with Crippen LogP contribution < -0.4 is 0 Å². The number of carboxylic acid groups (broad SMARTS) is 1. The largest absolute Gasteiger partial charge is 0.465 e. The van der Waals surface area contributed by atoms with Gasteiger partial charge < -0.3 is 24.0 Å². The number of morpholine rings is 1. The summed E-state index contributed by atoms with van der Waals surface area (Å²) >= 11 is 0. The Labute approximate surface area is 123 Å². The Bertz CT molecular complexity index is 525. The maximum atomic E-state index is 11.8. The summed E-state index contributed by atoms with van der Waals surface area (Å²) in [6.45, 7) is 5.57. The maximum Gasteiger partial charge on any atom is 0.407 e. The summed E-state index contributed by atoms with van der Waals surface area (Å²) in [6.07, 6.45) is 0.653. The van der Waals surface area contributed by atoms with Crippen LogP contribution in [-0.4, -0.2) is 59.0 Å². The van der Waals surface area contributed by atoms with Gasteiger partial charge in [0.15, 0.2) is 0 Å². The fraction of sp³-hybridized carbons (Fsp3) is 0.571. The summed E-state index contributed by atoms with van der Waals surface area (Å²) in [7, 11) is 0. The average molecular weight is 296 g/mol. The molecule has 0 saturated carbocycles. The van der Waals surface area contributed by atoms with Crippen molar-refractivity contribution >= 4 is 12.1 Å². The molecule has 1 saturated heterocycles. The lowest BCUT2D eigenvalue weighted by molar-refractivity contribution is -0.0294. The highest BCUT2D eigenvalue weighted by Gasteiger charge is 2.25. The molecule has 21 heavy (non-hydrogen) atoms. The van der Waals surface area contributed by atoms with E-state index in [2.05, 4.69) is 0 Å². The van der Waals surface area contributed by atoms with Crippen molar-refractivity contribution in [2.24, 2.45) is 0 Å². The van der Waals surface area contributed by atoms with E-state index in [0.717, 1.165) is 5.69 Å². The summed E-state index contributed by atoms with van der Waals surface area (Å²) in [5, 5.41) is 9.02. The highest BCUT2D eigenvalue weighted by atomic mass is 16.5. The molecule has 1 aliphatic rings. The number of hydrogen-bond acceptors (Lipinski definition) is 4. The fourth-order valence-electron chi connectivity index (χ4n) is 2.40. The van der Waals surface area contributed by atoms with E-state index in [1.165, 1.54) is 4.90 Å². The lowest BCUT2D eigenvalue weighted by Gasteiger charge is -2.31. The number of hydrogen-bond donors (Lipinski definition) is 1. The molecule has 0 bridgehead atoms. The fourth-order valence-corrected chi connectivity index (χ4v) is 2.40. The summed E-state index contributed by atoms with van der Waals surface area (Å²) in [5.41, 5.74) is 1.33. The lowest BCUT2D eigenvalue weighted by atomic mass is 10.2. The van der Waals surface area contributed by atoms with Gasteiger partial charge in [-0.15, -0.1) is 0 Å². The van der Waals surface area contributed by atoms with Gasteiger partial charge in [-0.25, -0.2) is 9.59 Å². The number of aromatic nitrogens is 1. The van der Waals surface area contributed by atoms with Gasteiger partial charge in [0, 0.05) is 18.4 Å². The molecule has 2 rings (SSSR count). The zero-order valence-corrected chi connectivity index (χ0v) is 12.2. The first-order chi connectivity index (χ1) is 10.0. The van der Waals surface area contributed by atoms with Gasteiger partial charge in [-0.1, -0.05) is 0 Å². The third kappa shape index (κ3) is 3.55. The number of carbonyl (C=O) groups is 2. The van der Waals surface area contributed by atoms with Gasteiger partial charge in [0.1, 0.15) is 0 Å². The van der Waals surface area contributed by atoms with Crippen molar-refractivity contribution in [2.75, 3.05) is 26.3 Å². The second kappa shape index (κ2) is 6.62. The van der Waals surface area contributed by atoms with Crippen LogP contribution in [0.5, 0.6) is 0 Å². The first kappa shape index (κ1) is 15.4. The molecular weight excluding hydrogens is 276 g/mol. The van der Waals surface area contributed by atoms with Gasteiger partial charge in [0.2, 0.25) is 0 Å². The Kier molecular flexibility index (Phi) is 4.85. The van der Waals surface area contributed by atoms with Crippen LogP contribution in [0.4, 0.5) is 4.79 Å². The van der Waals surface area contributed by atoms with Crippen molar-refractivity contribution in [1.82, 2.24) is 9.47 Å².